The van der Waals surface area contributed by atoms with Crippen LogP contribution >= 0.6 is 23.2 Å². The number of nitrogens with zero attached hydrogens (tertiary/aromatic N) is 3. The minimum absolute atomic E-state index is 0. The van der Waals surface area contributed by atoms with Crippen LogP contribution in [0.2, 0.25) is 10.0 Å². The Labute approximate surface area is 273 Å². The van der Waals surface area contributed by atoms with Gasteiger partial charge in [0.2, 0.25) is 0 Å². The zero-order chi connectivity index (χ0) is 31.6. The predicted molar refractivity (Wildman–Crippen MR) is 170 cm³/mol. The molecule has 0 spiro atoms. The Morgan fingerprint density at radius 2 is 1.24 bits per heavy atom. The van der Waals surface area contributed by atoms with Crippen LogP contribution in [0.15, 0.2) is 41.8 Å². The number of hydrogen-bond acceptors (Lipinski definition) is 5. The molecule has 42 heavy (non-hydrogen) atoms. The molecule has 0 aliphatic rings. The van der Waals surface area contributed by atoms with Crippen molar-refractivity contribution in [3.8, 4) is 11.5 Å². The van der Waals surface area contributed by atoms with Gasteiger partial charge in [-0.25, -0.2) is 0 Å². The maximum absolute atomic E-state index is 12.2. The molecule has 1 heterocycles. The van der Waals surface area contributed by atoms with Crippen LogP contribution in [-0.4, -0.2) is 16.2 Å². The summed E-state index contributed by atoms with van der Waals surface area (Å²) in [6, 6.07) is 6.66. The van der Waals surface area contributed by atoms with E-state index in [0.717, 1.165) is 11.4 Å². The van der Waals surface area contributed by atoms with Crippen molar-refractivity contribution >= 4 is 35.1 Å². The van der Waals surface area contributed by atoms with Gasteiger partial charge < -0.3 is 10.2 Å². The molecule has 1 aromatic heterocycles. The molecule has 0 bridgehead atoms. The molecule has 3 aromatic rings. The van der Waals surface area contributed by atoms with Gasteiger partial charge >= 0.3 is 16.5 Å². The van der Waals surface area contributed by atoms with Gasteiger partial charge in [-0.05, 0) is 50.0 Å². The molecule has 0 radical (unpaired) electrons. The molecule has 0 aliphatic carbocycles. The molecule has 0 fully saturated rings. The molecule has 5 nitrogen and oxygen atoms in total. The normalized spacial score (nSPS) is 12.5. The summed E-state index contributed by atoms with van der Waals surface area (Å²) in [5, 5.41) is 24.8. The molecule has 0 saturated carbocycles. The van der Waals surface area contributed by atoms with Gasteiger partial charge in [0.05, 0.1) is 21.4 Å². The fraction of sp³-hybridized carbons (Fsp3) is 0.500. The second-order valence-corrected chi connectivity index (χ2v) is 15.2. The van der Waals surface area contributed by atoms with Crippen LogP contribution in [-0.2, 0) is 44.6 Å². The maximum Gasteiger partial charge on any atom is 2.00 e. The number of rotatable bonds is 3. The van der Waals surface area contributed by atoms with Gasteiger partial charge in [0.15, 0.2) is 0 Å². The van der Waals surface area contributed by atoms with Gasteiger partial charge in [0, 0.05) is 31.2 Å². The fourth-order valence-electron chi connectivity index (χ4n) is 4.40. The molecule has 0 aliphatic heterocycles. The van der Waals surface area contributed by atoms with Crippen LogP contribution in [0, 0.1) is 0 Å². The third-order valence-corrected chi connectivity index (χ3v) is 7.46. The first-order valence-corrected chi connectivity index (χ1v) is 14.6. The van der Waals surface area contributed by atoms with Crippen molar-refractivity contribution in [3.63, 3.8) is 0 Å². The summed E-state index contributed by atoms with van der Waals surface area (Å²) in [6.45, 7) is 24.4. The minimum Gasteiger partial charge on any atom is -0.873 e. The third kappa shape index (κ3) is 9.69. The second kappa shape index (κ2) is 14.1. The predicted octanol–water partition coefficient (Wildman–Crippen LogP) is 8.75. The van der Waals surface area contributed by atoms with Crippen molar-refractivity contribution in [1.82, 2.24) is 9.97 Å². The van der Waals surface area contributed by atoms with Gasteiger partial charge in [0.1, 0.15) is 0 Å². The summed E-state index contributed by atoms with van der Waals surface area (Å²) in [4.78, 5) is 13.1. The summed E-state index contributed by atoms with van der Waals surface area (Å²) in [5.41, 5.74) is 4.31. The molecule has 0 saturated heterocycles. The SMILES string of the molecule is CC(C)(C)c1c([O-])c([O-])c(C(C)(C)C)c(Cl)c1Cl.CC(C)(C)c1ccc(C(C)(C)C)c(N=CCc2cnccn2)c1.[Ni+2]. The largest absolute Gasteiger partial charge is 2.00 e. The van der Waals surface area contributed by atoms with Gasteiger partial charge in [-0.1, -0.05) is 118 Å². The maximum atomic E-state index is 12.2. The number of aliphatic imine (C=N–C) groups is 1. The first-order chi connectivity index (χ1) is 18.6. The Bertz CT molecular complexity index is 1310. The van der Waals surface area contributed by atoms with E-state index in [4.69, 9.17) is 28.2 Å². The zero-order valence-corrected chi connectivity index (χ0v) is 29.5. The van der Waals surface area contributed by atoms with E-state index >= 15 is 0 Å². The Morgan fingerprint density at radius 1 is 0.738 bits per heavy atom. The first-order valence-electron chi connectivity index (χ1n) is 13.9. The van der Waals surface area contributed by atoms with E-state index in [0.29, 0.717) is 17.5 Å². The smallest absolute Gasteiger partial charge is 0.873 e. The molecular formula is C34H45Cl2N3NiO2. The Hall–Kier alpha value is -2.14. The van der Waals surface area contributed by atoms with E-state index in [1.165, 1.54) is 11.1 Å². The van der Waals surface area contributed by atoms with E-state index in [9.17, 15) is 10.2 Å². The summed E-state index contributed by atoms with van der Waals surface area (Å²) in [5.74, 6) is -1.08. The van der Waals surface area contributed by atoms with Crippen molar-refractivity contribution < 1.29 is 26.7 Å². The van der Waals surface area contributed by atoms with Crippen molar-refractivity contribution in [2.24, 2.45) is 4.99 Å². The van der Waals surface area contributed by atoms with Crippen molar-refractivity contribution in [1.29, 1.82) is 0 Å². The Morgan fingerprint density at radius 3 is 1.62 bits per heavy atom. The van der Waals surface area contributed by atoms with Gasteiger partial charge in [0.25, 0.3) is 0 Å². The first kappa shape index (κ1) is 37.9. The molecule has 3 rings (SSSR count). The number of aromatic nitrogens is 2. The summed E-state index contributed by atoms with van der Waals surface area (Å²) >= 11 is 12.4. The average Bonchev–Trinajstić information content (AvgIpc) is 2.81. The van der Waals surface area contributed by atoms with E-state index in [1.54, 1.807) is 18.6 Å². The summed E-state index contributed by atoms with van der Waals surface area (Å²) in [7, 11) is 0. The van der Waals surface area contributed by atoms with Crippen LogP contribution < -0.4 is 10.2 Å². The fourth-order valence-corrected chi connectivity index (χ4v) is 5.33. The topological polar surface area (TPSA) is 84.3 Å². The number of benzene rings is 2. The molecule has 2 aromatic carbocycles. The molecular weight excluding hydrogens is 612 g/mol. The third-order valence-electron chi connectivity index (χ3n) is 6.61. The van der Waals surface area contributed by atoms with Crippen LogP contribution in [0.1, 0.15) is 111 Å². The van der Waals surface area contributed by atoms with Gasteiger partial charge in [-0.15, -0.1) is 11.5 Å². The Kier molecular flexibility index (Phi) is 12.7. The molecule has 0 N–H and O–H groups in total. The summed E-state index contributed by atoms with van der Waals surface area (Å²) < 4.78 is 0. The molecule has 0 amide bonds. The second-order valence-electron chi connectivity index (χ2n) is 14.5. The molecule has 0 atom stereocenters. The van der Waals surface area contributed by atoms with Crippen molar-refractivity contribution in [2.75, 3.05) is 0 Å². The zero-order valence-electron chi connectivity index (χ0n) is 27.0. The quantitative estimate of drug-likeness (QED) is 0.208. The average molecular weight is 657 g/mol. The van der Waals surface area contributed by atoms with Gasteiger partial charge in [-0.3, -0.25) is 15.0 Å². The minimum atomic E-state index is -0.540. The van der Waals surface area contributed by atoms with Crippen molar-refractivity contribution in [3.05, 3.63) is 74.8 Å². The van der Waals surface area contributed by atoms with E-state index in [2.05, 4.69) is 69.7 Å². The van der Waals surface area contributed by atoms with Crippen LogP contribution in [0.3, 0.4) is 0 Å². The number of hydrogen-bond donors (Lipinski definition) is 0. The van der Waals surface area contributed by atoms with E-state index < -0.39 is 22.3 Å². The summed E-state index contributed by atoms with van der Waals surface area (Å²) in [6.07, 6.45) is 7.80. The molecule has 8 heteroatoms. The Balaban J connectivity index is 0.000000423. The number of halogens is 2. The molecule has 232 valence electrons. The van der Waals surface area contributed by atoms with Crippen LogP contribution in [0.25, 0.3) is 0 Å². The molecule has 0 unspecified atom stereocenters. The van der Waals surface area contributed by atoms with Crippen LogP contribution in [0.5, 0.6) is 11.5 Å². The monoisotopic (exact) mass is 655 g/mol. The van der Waals surface area contributed by atoms with Gasteiger partial charge in [-0.2, -0.15) is 0 Å². The van der Waals surface area contributed by atoms with Crippen molar-refractivity contribution in [2.45, 2.75) is 111 Å². The van der Waals surface area contributed by atoms with E-state index in [-0.39, 0.29) is 37.4 Å². The standard InChI is InChI=1S/C20H27N3.C14H20Cl2O2.Ni/c1-19(2,3)15-7-8-17(20(4,5)6)18(13-15)23-10-9-16-14-21-11-12-22-16;1-13(2,3)7-9(15)10(16)8(14(4,5)6)12(18)11(7)17;/h7-8,10-14H,9H2,1-6H3;17-18H,1-6H3;/q;;+2/p-2. The van der Waals surface area contributed by atoms with E-state index in [1.807, 2.05) is 47.8 Å². The van der Waals surface area contributed by atoms with Crippen LogP contribution in [0.4, 0.5) is 5.69 Å².